The molecule has 1 fully saturated rings. The molecule has 0 amide bonds. The summed E-state index contributed by atoms with van der Waals surface area (Å²) in [5, 5.41) is 0. The van der Waals surface area contributed by atoms with Crippen LogP contribution in [0.25, 0.3) is 0 Å². The summed E-state index contributed by atoms with van der Waals surface area (Å²) in [5.74, 6) is 0.228. The Morgan fingerprint density at radius 2 is 2.33 bits per heavy atom. The maximum Gasteiger partial charge on any atom is 0.314 e. The normalized spacial score (nSPS) is 18.3. The molecule has 1 aliphatic carbocycles. The highest BCUT2D eigenvalue weighted by Crippen LogP contribution is 2.42. The van der Waals surface area contributed by atoms with E-state index in [-0.39, 0.29) is 11.9 Å². The molecule has 1 heterocycles. The second-order valence-corrected chi connectivity index (χ2v) is 5.58. The van der Waals surface area contributed by atoms with Crippen molar-refractivity contribution in [2.75, 3.05) is 7.11 Å². The predicted octanol–water partition coefficient (Wildman–Crippen LogP) is 3.46. The van der Waals surface area contributed by atoms with Crippen molar-refractivity contribution in [1.29, 1.82) is 0 Å². The summed E-state index contributed by atoms with van der Waals surface area (Å²) in [7, 11) is 1.45. The molecule has 1 aromatic rings. The average Bonchev–Trinajstić information content (AvgIpc) is 2.56. The molecule has 0 N–H and O–H groups in total. The molecule has 0 radical (unpaired) electrons. The van der Waals surface area contributed by atoms with Gasteiger partial charge in [-0.1, -0.05) is 18.0 Å². The summed E-state index contributed by atoms with van der Waals surface area (Å²) in [4.78, 5) is 12.7. The van der Waals surface area contributed by atoms with Gasteiger partial charge >= 0.3 is 5.97 Å². The Morgan fingerprint density at radius 3 is 2.73 bits per heavy atom. The third kappa shape index (κ3) is 2.18. The molecular formula is C11H13ClO2S. The van der Waals surface area contributed by atoms with Crippen LogP contribution in [-0.2, 0) is 9.53 Å². The molecular weight excluding hydrogens is 232 g/mol. The topological polar surface area (TPSA) is 26.3 Å². The standard InChI is InChI=1S/C11H13ClO2S/c1-14-11(13)10(7-3-2-4-7)8-5-6-9(12)15-8/h5-7,10H,2-4H2,1H3. The maximum atomic E-state index is 11.7. The Bertz CT molecular complexity index is 357. The Hall–Kier alpha value is -0.540. The maximum absolute atomic E-state index is 11.7. The molecule has 1 aliphatic rings. The molecule has 0 aromatic carbocycles. The predicted molar refractivity (Wildman–Crippen MR) is 61.4 cm³/mol. The number of methoxy groups -OCH3 is 1. The largest absolute Gasteiger partial charge is 0.469 e. The fraction of sp³-hybridized carbons (Fsp3) is 0.545. The number of hydrogen-bond donors (Lipinski definition) is 0. The van der Waals surface area contributed by atoms with Gasteiger partial charge in [0.25, 0.3) is 0 Å². The van der Waals surface area contributed by atoms with Gasteiger partial charge in [0, 0.05) is 4.88 Å². The number of carbonyl (C=O) groups is 1. The lowest BCUT2D eigenvalue weighted by Gasteiger charge is -2.31. The van der Waals surface area contributed by atoms with Crippen LogP contribution in [0.5, 0.6) is 0 Å². The molecule has 1 unspecified atom stereocenters. The van der Waals surface area contributed by atoms with Crippen LogP contribution in [0.1, 0.15) is 30.1 Å². The van der Waals surface area contributed by atoms with Gasteiger partial charge in [-0.25, -0.2) is 0 Å². The lowest BCUT2D eigenvalue weighted by Crippen LogP contribution is -2.27. The second-order valence-electron chi connectivity index (χ2n) is 3.83. The molecule has 2 nitrogen and oxygen atoms in total. The third-order valence-electron chi connectivity index (χ3n) is 2.98. The first-order valence-electron chi connectivity index (χ1n) is 5.05. The summed E-state index contributed by atoms with van der Waals surface area (Å²) >= 11 is 7.37. The zero-order valence-electron chi connectivity index (χ0n) is 8.53. The van der Waals surface area contributed by atoms with Crippen molar-refractivity contribution in [2.45, 2.75) is 25.2 Å². The van der Waals surface area contributed by atoms with Gasteiger partial charge in [-0.05, 0) is 30.9 Å². The molecule has 1 aromatic heterocycles. The molecule has 0 saturated heterocycles. The summed E-state index contributed by atoms with van der Waals surface area (Å²) in [6, 6.07) is 3.78. The zero-order chi connectivity index (χ0) is 10.8. The Labute approximate surface area is 98.2 Å². The van der Waals surface area contributed by atoms with Gasteiger partial charge in [0.15, 0.2) is 0 Å². The third-order valence-corrected chi connectivity index (χ3v) is 4.29. The quantitative estimate of drug-likeness (QED) is 0.762. The molecule has 82 valence electrons. The van der Waals surface area contributed by atoms with E-state index in [2.05, 4.69) is 0 Å². The molecule has 0 aliphatic heterocycles. The van der Waals surface area contributed by atoms with Gasteiger partial charge in [-0.3, -0.25) is 4.79 Å². The zero-order valence-corrected chi connectivity index (χ0v) is 10.1. The van der Waals surface area contributed by atoms with E-state index in [1.54, 1.807) is 0 Å². The fourth-order valence-corrected chi connectivity index (χ4v) is 3.18. The van der Waals surface area contributed by atoms with Crippen molar-refractivity contribution >= 4 is 28.9 Å². The van der Waals surface area contributed by atoms with E-state index in [0.29, 0.717) is 5.92 Å². The Balaban J connectivity index is 2.21. The van der Waals surface area contributed by atoms with Gasteiger partial charge in [0.2, 0.25) is 0 Å². The number of thiophene rings is 1. The van der Waals surface area contributed by atoms with Gasteiger partial charge in [0.05, 0.1) is 17.4 Å². The van der Waals surface area contributed by atoms with Crippen molar-refractivity contribution in [3.8, 4) is 0 Å². The number of halogens is 1. The summed E-state index contributed by atoms with van der Waals surface area (Å²) in [6.45, 7) is 0. The van der Waals surface area contributed by atoms with Gasteiger partial charge in [-0.15, -0.1) is 11.3 Å². The first-order valence-corrected chi connectivity index (χ1v) is 6.25. The minimum atomic E-state index is -0.127. The van der Waals surface area contributed by atoms with Crippen LogP contribution in [0.2, 0.25) is 4.34 Å². The lowest BCUT2D eigenvalue weighted by atomic mass is 9.75. The Kier molecular flexibility index (Phi) is 3.32. The van der Waals surface area contributed by atoms with E-state index in [1.165, 1.54) is 24.9 Å². The smallest absolute Gasteiger partial charge is 0.314 e. The van der Waals surface area contributed by atoms with Crippen molar-refractivity contribution in [1.82, 2.24) is 0 Å². The highest BCUT2D eigenvalue weighted by molar-refractivity contribution is 7.16. The summed E-state index contributed by atoms with van der Waals surface area (Å²) in [5.41, 5.74) is 0. The van der Waals surface area contributed by atoms with Gasteiger partial charge in [0.1, 0.15) is 0 Å². The van der Waals surface area contributed by atoms with E-state index in [0.717, 1.165) is 22.1 Å². The first-order chi connectivity index (χ1) is 7.22. The van der Waals surface area contributed by atoms with Crippen LogP contribution in [0.4, 0.5) is 0 Å². The SMILES string of the molecule is COC(=O)C(c1ccc(Cl)s1)C1CCC1. The van der Waals surface area contributed by atoms with Crippen LogP contribution < -0.4 is 0 Å². The van der Waals surface area contributed by atoms with E-state index in [9.17, 15) is 4.79 Å². The molecule has 15 heavy (non-hydrogen) atoms. The van der Waals surface area contributed by atoms with Gasteiger partial charge < -0.3 is 4.74 Å². The number of ether oxygens (including phenoxy) is 1. The van der Waals surface area contributed by atoms with Crippen molar-refractivity contribution in [3.63, 3.8) is 0 Å². The van der Waals surface area contributed by atoms with E-state index in [4.69, 9.17) is 16.3 Å². The van der Waals surface area contributed by atoms with Crippen LogP contribution in [0.3, 0.4) is 0 Å². The number of hydrogen-bond acceptors (Lipinski definition) is 3. The van der Waals surface area contributed by atoms with Crippen molar-refractivity contribution in [3.05, 3.63) is 21.3 Å². The highest BCUT2D eigenvalue weighted by atomic mass is 35.5. The average molecular weight is 245 g/mol. The van der Waals surface area contributed by atoms with Crippen LogP contribution in [0.15, 0.2) is 12.1 Å². The van der Waals surface area contributed by atoms with Crippen molar-refractivity contribution in [2.24, 2.45) is 5.92 Å². The van der Waals surface area contributed by atoms with Crippen LogP contribution >= 0.6 is 22.9 Å². The van der Waals surface area contributed by atoms with Crippen molar-refractivity contribution < 1.29 is 9.53 Å². The monoisotopic (exact) mass is 244 g/mol. The summed E-state index contributed by atoms with van der Waals surface area (Å²) in [6.07, 6.45) is 3.46. The summed E-state index contributed by atoms with van der Waals surface area (Å²) < 4.78 is 5.59. The fourth-order valence-electron chi connectivity index (χ4n) is 1.94. The number of rotatable bonds is 3. The number of carbonyl (C=O) groups excluding carboxylic acids is 1. The Morgan fingerprint density at radius 1 is 1.60 bits per heavy atom. The molecule has 1 atom stereocenters. The van der Waals surface area contributed by atoms with Crippen LogP contribution in [0, 0.1) is 5.92 Å². The minimum Gasteiger partial charge on any atom is -0.469 e. The van der Waals surface area contributed by atoms with Crippen LogP contribution in [-0.4, -0.2) is 13.1 Å². The van der Waals surface area contributed by atoms with E-state index in [1.807, 2.05) is 12.1 Å². The molecule has 0 bridgehead atoms. The molecule has 1 saturated carbocycles. The van der Waals surface area contributed by atoms with Gasteiger partial charge in [-0.2, -0.15) is 0 Å². The molecule has 4 heteroatoms. The number of esters is 1. The van der Waals surface area contributed by atoms with E-state index >= 15 is 0 Å². The molecule has 2 rings (SSSR count). The minimum absolute atomic E-state index is 0.0961. The second kappa shape index (κ2) is 4.54. The first kappa shape index (κ1) is 11.0. The van der Waals surface area contributed by atoms with E-state index < -0.39 is 0 Å². The molecule has 0 spiro atoms. The lowest BCUT2D eigenvalue weighted by molar-refractivity contribution is -0.144. The highest BCUT2D eigenvalue weighted by Gasteiger charge is 2.35.